The van der Waals surface area contributed by atoms with Crippen molar-refractivity contribution in [2.24, 2.45) is 10.8 Å². The van der Waals surface area contributed by atoms with Gasteiger partial charge in [-0.3, -0.25) is 0 Å². The Labute approximate surface area is 127 Å². The van der Waals surface area contributed by atoms with Crippen molar-refractivity contribution in [3.05, 3.63) is 29.8 Å². The summed E-state index contributed by atoms with van der Waals surface area (Å²) < 4.78 is 12.4. The Morgan fingerprint density at radius 2 is 2.05 bits per heavy atom. The fourth-order valence-electron chi connectivity index (χ4n) is 5.11. The summed E-state index contributed by atoms with van der Waals surface area (Å²) in [5.74, 6) is 1.02. The number of fused-ring (bicyclic) bond motifs is 3. The smallest absolute Gasteiger partial charge is 0.125 e. The van der Waals surface area contributed by atoms with Crippen LogP contribution in [-0.4, -0.2) is 12.7 Å². The van der Waals surface area contributed by atoms with Crippen molar-refractivity contribution in [1.29, 1.82) is 0 Å². The van der Waals surface area contributed by atoms with E-state index in [1.165, 1.54) is 44.1 Å². The highest BCUT2D eigenvalue weighted by atomic mass is 16.6. The monoisotopic (exact) mass is 286 g/mol. The Bertz CT molecular complexity index is 540. The van der Waals surface area contributed by atoms with Crippen LogP contribution in [0.2, 0.25) is 0 Å². The van der Waals surface area contributed by atoms with Crippen LogP contribution in [0.1, 0.15) is 64.0 Å². The van der Waals surface area contributed by atoms with Gasteiger partial charge in [0.2, 0.25) is 0 Å². The zero-order valence-electron chi connectivity index (χ0n) is 13.2. The summed E-state index contributed by atoms with van der Waals surface area (Å²) in [6.45, 7) is 5.41. The molecule has 1 aliphatic heterocycles. The molecule has 2 bridgehead atoms. The molecule has 4 atom stereocenters. The minimum Gasteiger partial charge on any atom is -0.490 e. The van der Waals surface area contributed by atoms with E-state index in [-0.39, 0.29) is 6.10 Å². The zero-order valence-corrected chi connectivity index (χ0v) is 13.2. The van der Waals surface area contributed by atoms with Crippen LogP contribution in [0.5, 0.6) is 5.75 Å². The minimum absolute atomic E-state index is 0.142. The molecule has 0 radical (unpaired) electrons. The number of rotatable bonds is 4. The van der Waals surface area contributed by atoms with Crippen LogP contribution in [0.4, 0.5) is 0 Å². The van der Waals surface area contributed by atoms with Gasteiger partial charge in [-0.2, -0.15) is 0 Å². The maximum Gasteiger partial charge on any atom is 0.125 e. The van der Waals surface area contributed by atoms with Gasteiger partial charge in [-0.05, 0) is 49.0 Å². The van der Waals surface area contributed by atoms with E-state index in [0.717, 1.165) is 5.75 Å². The third-order valence-corrected chi connectivity index (χ3v) is 6.62. The van der Waals surface area contributed by atoms with Crippen molar-refractivity contribution in [3.8, 4) is 5.75 Å². The molecule has 0 saturated heterocycles. The highest BCUT2D eigenvalue weighted by Crippen LogP contribution is 2.65. The van der Waals surface area contributed by atoms with Crippen LogP contribution in [0.3, 0.4) is 0 Å². The van der Waals surface area contributed by atoms with E-state index in [2.05, 4.69) is 32.0 Å². The van der Waals surface area contributed by atoms with Gasteiger partial charge in [0.05, 0.1) is 6.10 Å². The number of hydrogen-bond acceptors (Lipinski definition) is 2. The molecule has 4 unspecified atom stereocenters. The van der Waals surface area contributed by atoms with Crippen LogP contribution in [0, 0.1) is 10.8 Å². The first-order chi connectivity index (χ1) is 10.2. The fourth-order valence-corrected chi connectivity index (χ4v) is 5.11. The predicted octanol–water partition coefficient (Wildman–Crippen LogP) is 4.89. The number of ether oxygens (including phenoxy) is 2. The molecule has 2 nitrogen and oxygen atoms in total. The van der Waals surface area contributed by atoms with E-state index < -0.39 is 0 Å². The maximum atomic E-state index is 6.63. The third kappa shape index (κ3) is 1.95. The van der Waals surface area contributed by atoms with E-state index in [4.69, 9.17) is 9.47 Å². The summed E-state index contributed by atoms with van der Waals surface area (Å²) in [6, 6.07) is 8.35. The Balaban J connectivity index is 1.56. The van der Waals surface area contributed by atoms with Gasteiger partial charge < -0.3 is 9.47 Å². The standard InChI is InChI=1S/C19H26O2/c1-3-18-9-10-19(4-2,13-18)17(11-18)21-16-12-20-15-8-6-5-7-14(15)16/h5-8,16-17H,3-4,9-13H2,1-2H3. The molecule has 0 N–H and O–H groups in total. The molecular formula is C19H26O2. The number of hydrogen-bond donors (Lipinski definition) is 0. The summed E-state index contributed by atoms with van der Waals surface area (Å²) in [5, 5.41) is 0. The Hall–Kier alpha value is -1.02. The van der Waals surface area contributed by atoms with Gasteiger partial charge >= 0.3 is 0 Å². The van der Waals surface area contributed by atoms with Gasteiger partial charge in [0.25, 0.3) is 0 Å². The van der Waals surface area contributed by atoms with Gasteiger partial charge in [0.1, 0.15) is 18.5 Å². The third-order valence-electron chi connectivity index (χ3n) is 6.62. The normalized spacial score (nSPS) is 40.3. The molecule has 2 saturated carbocycles. The summed E-state index contributed by atoms with van der Waals surface area (Å²) >= 11 is 0. The molecule has 1 aromatic rings. The lowest BCUT2D eigenvalue weighted by Crippen LogP contribution is -2.34. The first-order valence-corrected chi connectivity index (χ1v) is 8.57. The average molecular weight is 286 g/mol. The van der Waals surface area contributed by atoms with Gasteiger partial charge in [-0.25, -0.2) is 0 Å². The molecule has 2 fully saturated rings. The molecular weight excluding hydrogens is 260 g/mol. The van der Waals surface area contributed by atoms with Crippen LogP contribution in [0.25, 0.3) is 0 Å². The molecule has 1 heterocycles. The molecule has 0 spiro atoms. The highest BCUT2D eigenvalue weighted by Gasteiger charge is 2.59. The Kier molecular flexibility index (Phi) is 3.08. The van der Waals surface area contributed by atoms with E-state index in [1.807, 2.05) is 6.07 Å². The molecule has 114 valence electrons. The summed E-state index contributed by atoms with van der Waals surface area (Å²) in [6.07, 6.45) is 8.55. The van der Waals surface area contributed by atoms with Gasteiger partial charge in [-0.1, -0.05) is 38.5 Å². The highest BCUT2D eigenvalue weighted by molar-refractivity contribution is 5.38. The van der Waals surface area contributed by atoms with Crippen molar-refractivity contribution >= 4 is 0 Å². The first kappa shape index (κ1) is 13.6. The van der Waals surface area contributed by atoms with Gasteiger partial charge in [0.15, 0.2) is 0 Å². The summed E-state index contributed by atoms with van der Waals surface area (Å²) in [4.78, 5) is 0. The first-order valence-electron chi connectivity index (χ1n) is 8.57. The number of para-hydroxylation sites is 1. The van der Waals surface area contributed by atoms with Crippen LogP contribution < -0.4 is 4.74 Å². The largest absolute Gasteiger partial charge is 0.490 e. The molecule has 3 aliphatic rings. The van der Waals surface area contributed by atoms with Crippen LogP contribution in [0.15, 0.2) is 24.3 Å². The topological polar surface area (TPSA) is 18.5 Å². The lowest BCUT2D eigenvalue weighted by Gasteiger charge is -2.36. The lowest BCUT2D eigenvalue weighted by molar-refractivity contribution is -0.0866. The second-order valence-corrected chi connectivity index (χ2v) is 7.41. The van der Waals surface area contributed by atoms with E-state index in [0.29, 0.717) is 23.5 Å². The SMILES string of the molecule is CCC12CCC(CC)(C1)C(OC1COc3ccccc31)C2. The molecule has 21 heavy (non-hydrogen) atoms. The minimum atomic E-state index is 0.142. The fraction of sp³-hybridized carbons (Fsp3) is 0.684. The lowest BCUT2D eigenvalue weighted by atomic mass is 9.77. The van der Waals surface area contributed by atoms with Gasteiger partial charge in [-0.15, -0.1) is 0 Å². The second-order valence-electron chi connectivity index (χ2n) is 7.41. The van der Waals surface area contributed by atoms with E-state index in [9.17, 15) is 0 Å². The Morgan fingerprint density at radius 3 is 2.86 bits per heavy atom. The van der Waals surface area contributed by atoms with Crippen LogP contribution >= 0.6 is 0 Å². The quantitative estimate of drug-likeness (QED) is 0.785. The predicted molar refractivity (Wildman–Crippen MR) is 83.5 cm³/mol. The second kappa shape index (κ2) is 4.74. The molecule has 1 aromatic carbocycles. The molecule has 0 aromatic heterocycles. The van der Waals surface area contributed by atoms with Crippen molar-refractivity contribution in [2.75, 3.05) is 6.61 Å². The van der Waals surface area contributed by atoms with Crippen molar-refractivity contribution in [2.45, 2.75) is 64.6 Å². The van der Waals surface area contributed by atoms with Crippen LogP contribution in [-0.2, 0) is 4.74 Å². The van der Waals surface area contributed by atoms with Crippen molar-refractivity contribution in [1.82, 2.24) is 0 Å². The maximum absolute atomic E-state index is 6.63. The molecule has 2 heteroatoms. The molecule has 4 rings (SSSR count). The Morgan fingerprint density at radius 1 is 1.19 bits per heavy atom. The van der Waals surface area contributed by atoms with E-state index in [1.54, 1.807) is 0 Å². The summed E-state index contributed by atoms with van der Waals surface area (Å²) in [7, 11) is 0. The van der Waals surface area contributed by atoms with Crippen molar-refractivity contribution in [3.63, 3.8) is 0 Å². The zero-order chi connectivity index (χ0) is 14.5. The number of benzene rings is 1. The van der Waals surface area contributed by atoms with Gasteiger partial charge in [0, 0.05) is 5.56 Å². The molecule has 0 amide bonds. The van der Waals surface area contributed by atoms with E-state index >= 15 is 0 Å². The summed E-state index contributed by atoms with van der Waals surface area (Å²) in [5.41, 5.74) is 2.25. The molecule has 2 aliphatic carbocycles. The van der Waals surface area contributed by atoms with Crippen molar-refractivity contribution < 1.29 is 9.47 Å². The average Bonchev–Trinajstić information content (AvgIpc) is 3.19.